The zero-order valence-electron chi connectivity index (χ0n) is 20.9. The molecule has 2 amide bonds. The second kappa shape index (κ2) is 15.3. The van der Waals surface area contributed by atoms with Crippen molar-refractivity contribution in [2.75, 3.05) is 39.3 Å². The molecule has 0 saturated heterocycles. The van der Waals surface area contributed by atoms with Crippen LogP contribution in [-0.2, 0) is 9.47 Å². The van der Waals surface area contributed by atoms with E-state index in [9.17, 15) is 9.59 Å². The lowest BCUT2D eigenvalue weighted by Crippen LogP contribution is -2.38. The zero-order valence-corrected chi connectivity index (χ0v) is 20.9. The first-order chi connectivity index (χ1) is 14.4. The van der Waals surface area contributed by atoms with Crippen molar-refractivity contribution < 1.29 is 19.1 Å². The monoisotopic (exact) mass is 444 g/mol. The number of unbranched alkanes of at least 4 members (excludes halogenated alkanes) is 4. The summed E-state index contributed by atoms with van der Waals surface area (Å²) in [6, 6.07) is 0. The van der Waals surface area contributed by atoms with Crippen LogP contribution in [-0.4, -0.2) is 72.5 Å². The van der Waals surface area contributed by atoms with Crippen molar-refractivity contribution in [1.29, 1.82) is 0 Å². The average Bonchev–Trinajstić information content (AvgIpc) is 2.62. The summed E-state index contributed by atoms with van der Waals surface area (Å²) in [4.78, 5) is 28.2. The Labute approximate surface area is 190 Å². The van der Waals surface area contributed by atoms with Crippen LogP contribution in [0.2, 0.25) is 0 Å². The average molecular weight is 445 g/mol. The van der Waals surface area contributed by atoms with Gasteiger partial charge in [0.15, 0.2) is 0 Å². The predicted octanol–water partition coefficient (Wildman–Crippen LogP) is 4.11. The number of rotatable bonds is 14. The standard InChI is InChI=1S/C23H48N4O4/c1-22(2,3)30-20(28)26(18-12-14-24)16-10-8-7-9-11-17-27(19-13-15-25)21(29)31-23(4,5)6/h7-19,24-25H2,1-6H3. The van der Waals surface area contributed by atoms with Crippen LogP contribution in [0.15, 0.2) is 0 Å². The summed E-state index contributed by atoms with van der Waals surface area (Å²) in [5, 5.41) is 0. The van der Waals surface area contributed by atoms with Crippen LogP contribution in [0.3, 0.4) is 0 Å². The minimum Gasteiger partial charge on any atom is -0.444 e. The summed E-state index contributed by atoms with van der Waals surface area (Å²) in [5.74, 6) is 0. The third kappa shape index (κ3) is 16.8. The molecule has 0 aromatic carbocycles. The highest BCUT2D eigenvalue weighted by atomic mass is 16.6. The van der Waals surface area contributed by atoms with Crippen LogP contribution < -0.4 is 11.5 Å². The maximum atomic E-state index is 12.4. The normalized spacial score (nSPS) is 11.9. The van der Waals surface area contributed by atoms with Gasteiger partial charge in [-0.15, -0.1) is 0 Å². The number of nitrogens with two attached hydrogens (primary N) is 2. The summed E-state index contributed by atoms with van der Waals surface area (Å²) >= 11 is 0. The van der Waals surface area contributed by atoms with Gasteiger partial charge in [0.05, 0.1) is 0 Å². The van der Waals surface area contributed by atoms with E-state index in [1.807, 2.05) is 41.5 Å². The first-order valence-corrected chi connectivity index (χ1v) is 11.8. The number of carbonyl (C=O) groups is 2. The van der Waals surface area contributed by atoms with Crippen molar-refractivity contribution in [2.45, 2.75) is 97.7 Å². The lowest BCUT2D eigenvalue weighted by molar-refractivity contribution is 0.0238. The molecule has 0 saturated carbocycles. The van der Waals surface area contributed by atoms with Gasteiger partial charge in [-0.2, -0.15) is 0 Å². The molecular formula is C23H48N4O4. The van der Waals surface area contributed by atoms with E-state index in [2.05, 4.69) is 0 Å². The van der Waals surface area contributed by atoms with Gasteiger partial charge in [-0.1, -0.05) is 19.3 Å². The van der Waals surface area contributed by atoms with Gasteiger partial charge in [-0.3, -0.25) is 0 Å². The number of nitrogens with zero attached hydrogens (tertiary/aromatic N) is 2. The van der Waals surface area contributed by atoms with Gasteiger partial charge in [0, 0.05) is 26.2 Å². The summed E-state index contributed by atoms with van der Waals surface area (Å²) in [6.45, 7) is 15.0. The second-order valence-electron chi connectivity index (χ2n) is 9.99. The van der Waals surface area contributed by atoms with Crippen molar-refractivity contribution >= 4 is 12.2 Å². The van der Waals surface area contributed by atoms with Gasteiger partial charge >= 0.3 is 12.2 Å². The van der Waals surface area contributed by atoms with Gasteiger partial charge in [0.2, 0.25) is 0 Å². The number of hydrogen-bond donors (Lipinski definition) is 2. The van der Waals surface area contributed by atoms with E-state index in [-0.39, 0.29) is 12.2 Å². The molecule has 0 unspecified atom stereocenters. The molecule has 0 aromatic rings. The molecule has 0 fully saturated rings. The Morgan fingerprint density at radius 2 is 0.871 bits per heavy atom. The second-order valence-corrected chi connectivity index (χ2v) is 9.99. The fourth-order valence-electron chi connectivity index (χ4n) is 2.94. The van der Waals surface area contributed by atoms with E-state index < -0.39 is 11.2 Å². The Morgan fingerprint density at radius 3 is 1.16 bits per heavy atom. The van der Waals surface area contributed by atoms with Crippen LogP contribution in [0.5, 0.6) is 0 Å². The first-order valence-electron chi connectivity index (χ1n) is 11.8. The van der Waals surface area contributed by atoms with Crippen molar-refractivity contribution in [3.63, 3.8) is 0 Å². The number of carbonyl (C=O) groups excluding carboxylic acids is 2. The topological polar surface area (TPSA) is 111 Å². The van der Waals surface area contributed by atoms with Gasteiger partial charge in [-0.25, -0.2) is 9.59 Å². The van der Waals surface area contributed by atoms with Gasteiger partial charge in [0.1, 0.15) is 11.2 Å². The molecule has 0 aliphatic heterocycles. The first kappa shape index (κ1) is 29.5. The van der Waals surface area contributed by atoms with Crippen molar-refractivity contribution in [3.8, 4) is 0 Å². The molecule has 0 radical (unpaired) electrons. The lowest BCUT2D eigenvalue weighted by Gasteiger charge is -2.27. The van der Waals surface area contributed by atoms with Gasteiger partial charge in [-0.05, 0) is 80.3 Å². The molecule has 0 spiro atoms. The summed E-state index contributed by atoms with van der Waals surface area (Å²) in [6.07, 6.45) is 5.94. The minimum absolute atomic E-state index is 0.270. The Hall–Kier alpha value is -1.54. The van der Waals surface area contributed by atoms with Crippen molar-refractivity contribution in [2.24, 2.45) is 11.5 Å². The molecule has 4 N–H and O–H groups in total. The highest BCUT2D eigenvalue weighted by Crippen LogP contribution is 2.14. The third-order valence-electron chi connectivity index (χ3n) is 4.42. The lowest BCUT2D eigenvalue weighted by atomic mass is 10.1. The van der Waals surface area contributed by atoms with E-state index in [1.165, 1.54) is 0 Å². The molecule has 0 atom stereocenters. The van der Waals surface area contributed by atoms with E-state index in [0.717, 1.165) is 44.9 Å². The van der Waals surface area contributed by atoms with Crippen LogP contribution in [0, 0.1) is 0 Å². The quantitative estimate of drug-likeness (QED) is 0.390. The molecule has 0 rings (SSSR count). The molecule has 0 bridgehead atoms. The van der Waals surface area contributed by atoms with E-state index >= 15 is 0 Å². The molecule has 8 heteroatoms. The maximum absolute atomic E-state index is 12.4. The largest absolute Gasteiger partial charge is 0.444 e. The van der Waals surface area contributed by atoms with Crippen LogP contribution in [0.4, 0.5) is 9.59 Å². The highest BCUT2D eigenvalue weighted by molar-refractivity contribution is 5.68. The Kier molecular flexibility index (Phi) is 14.5. The number of ether oxygens (including phenoxy) is 2. The Balaban J connectivity index is 4.29. The molecule has 184 valence electrons. The summed E-state index contributed by atoms with van der Waals surface area (Å²) in [7, 11) is 0. The molecular weight excluding hydrogens is 396 g/mol. The van der Waals surface area contributed by atoms with Crippen LogP contribution in [0.1, 0.15) is 86.5 Å². The molecule has 0 aromatic heterocycles. The van der Waals surface area contributed by atoms with Crippen molar-refractivity contribution in [3.05, 3.63) is 0 Å². The van der Waals surface area contributed by atoms with Gasteiger partial charge < -0.3 is 30.7 Å². The molecule has 0 aliphatic rings. The molecule has 0 heterocycles. The molecule has 8 nitrogen and oxygen atoms in total. The molecule has 31 heavy (non-hydrogen) atoms. The fraction of sp³-hybridized carbons (Fsp3) is 0.913. The Morgan fingerprint density at radius 1 is 0.581 bits per heavy atom. The van der Waals surface area contributed by atoms with E-state index in [1.54, 1.807) is 9.80 Å². The predicted molar refractivity (Wildman–Crippen MR) is 126 cm³/mol. The van der Waals surface area contributed by atoms with Crippen molar-refractivity contribution in [1.82, 2.24) is 9.80 Å². The van der Waals surface area contributed by atoms with E-state index in [4.69, 9.17) is 20.9 Å². The smallest absolute Gasteiger partial charge is 0.410 e. The number of amides is 2. The van der Waals surface area contributed by atoms with Crippen LogP contribution in [0.25, 0.3) is 0 Å². The molecule has 0 aliphatic carbocycles. The fourth-order valence-corrected chi connectivity index (χ4v) is 2.94. The minimum atomic E-state index is -0.498. The highest BCUT2D eigenvalue weighted by Gasteiger charge is 2.22. The number of hydrogen-bond acceptors (Lipinski definition) is 6. The SMILES string of the molecule is CC(C)(C)OC(=O)N(CCCN)CCCCCCCN(CCCN)C(=O)OC(C)(C)C. The van der Waals surface area contributed by atoms with E-state index in [0.29, 0.717) is 39.3 Å². The maximum Gasteiger partial charge on any atom is 0.410 e. The van der Waals surface area contributed by atoms with Crippen LogP contribution >= 0.6 is 0 Å². The summed E-state index contributed by atoms with van der Waals surface area (Å²) in [5.41, 5.74) is 10.2. The van der Waals surface area contributed by atoms with Gasteiger partial charge in [0.25, 0.3) is 0 Å². The third-order valence-corrected chi connectivity index (χ3v) is 4.42. The Bertz CT molecular complexity index is 457. The zero-order chi connectivity index (χ0) is 23.9. The summed E-state index contributed by atoms with van der Waals surface area (Å²) < 4.78 is 11.0.